The summed E-state index contributed by atoms with van der Waals surface area (Å²) in [5, 5.41) is 12.0. The standard InChI is InChI=1S/C14H25N3O3/c1-14(2)10(11(14)13(19)20)12(18)15-7-9-8-16(3)5-6-17(9)4/h9-11H,5-8H2,1-4H3,(H,15,18)(H,19,20)/t9?,10-,11+/m1/s1. The third-order valence-corrected chi connectivity index (χ3v) is 4.87. The number of carboxylic acids is 1. The molecule has 1 aliphatic carbocycles. The lowest BCUT2D eigenvalue weighted by molar-refractivity contribution is -0.140. The highest BCUT2D eigenvalue weighted by molar-refractivity contribution is 5.91. The van der Waals surface area contributed by atoms with E-state index in [1.807, 2.05) is 13.8 Å². The predicted molar refractivity (Wildman–Crippen MR) is 75.3 cm³/mol. The summed E-state index contributed by atoms with van der Waals surface area (Å²) >= 11 is 0. The third kappa shape index (κ3) is 2.81. The molecule has 1 saturated heterocycles. The van der Waals surface area contributed by atoms with Crippen molar-refractivity contribution in [2.75, 3.05) is 40.3 Å². The van der Waals surface area contributed by atoms with E-state index in [9.17, 15) is 9.59 Å². The average molecular weight is 283 g/mol. The van der Waals surface area contributed by atoms with Gasteiger partial charge in [-0.15, -0.1) is 0 Å². The molecule has 1 unspecified atom stereocenters. The molecule has 20 heavy (non-hydrogen) atoms. The largest absolute Gasteiger partial charge is 0.481 e. The van der Waals surface area contributed by atoms with E-state index in [2.05, 4.69) is 29.2 Å². The number of piperazine rings is 1. The first kappa shape index (κ1) is 15.3. The summed E-state index contributed by atoms with van der Waals surface area (Å²) in [6, 6.07) is 0.294. The number of carbonyl (C=O) groups is 2. The number of hydrogen-bond donors (Lipinski definition) is 2. The number of nitrogens with zero attached hydrogens (tertiary/aromatic N) is 2. The van der Waals surface area contributed by atoms with Gasteiger partial charge in [-0.05, 0) is 19.5 Å². The van der Waals surface area contributed by atoms with E-state index in [-0.39, 0.29) is 5.91 Å². The average Bonchev–Trinajstić information content (AvgIpc) is 2.93. The van der Waals surface area contributed by atoms with Crippen molar-refractivity contribution in [3.05, 3.63) is 0 Å². The van der Waals surface area contributed by atoms with Crippen LogP contribution in [-0.4, -0.2) is 73.1 Å². The summed E-state index contributed by atoms with van der Waals surface area (Å²) in [4.78, 5) is 27.7. The first-order valence-electron chi connectivity index (χ1n) is 7.14. The van der Waals surface area contributed by atoms with Crippen molar-refractivity contribution >= 4 is 11.9 Å². The molecule has 1 aliphatic heterocycles. The summed E-state index contributed by atoms with van der Waals surface area (Å²) in [5.41, 5.74) is -0.425. The van der Waals surface area contributed by atoms with Crippen LogP contribution in [0.1, 0.15) is 13.8 Å². The van der Waals surface area contributed by atoms with Crippen molar-refractivity contribution in [1.29, 1.82) is 0 Å². The minimum atomic E-state index is -0.871. The van der Waals surface area contributed by atoms with Crippen molar-refractivity contribution in [1.82, 2.24) is 15.1 Å². The van der Waals surface area contributed by atoms with Crippen LogP contribution in [0.3, 0.4) is 0 Å². The van der Waals surface area contributed by atoms with Crippen LogP contribution in [0.2, 0.25) is 0 Å². The summed E-state index contributed by atoms with van der Waals surface area (Å²) in [5.74, 6) is -1.94. The summed E-state index contributed by atoms with van der Waals surface area (Å²) in [6.07, 6.45) is 0. The SMILES string of the molecule is CN1CCN(C)C(CNC(=O)[C@H]2[C@@H](C(=O)O)C2(C)C)C1. The molecule has 0 radical (unpaired) electrons. The monoisotopic (exact) mass is 283 g/mol. The van der Waals surface area contributed by atoms with Gasteiger partial charge in [-0.25, -0.2) is 0 Å². The van der Waals surface area contributed by atoms with E-state index in [0.717, 1.165) is 19.6 Å². The maximum absolute atomic E-state index is 12.2. The Hall–Kier alpha value is -1.14. The number of amides is 1. The van der Waals surface area contributed by atoms with Gasteiger partial charge in [0.25, 0.3) is 0 Å². The van der Waals surface area contributed by atoms with Crippen LogP contribution < -0.4 is 5.32 Å². The molecule has 114 valence electrons. The Balaban J connectivity index is 1.85. The van der Waals surface area contributed by atoms with Gasteiger partial charge < -0.3 is 15.3 Å². The van der Waals surface area contributed by atoms with Gasteiger partial charge >= 0.3 is 5.97 Å². The molecule has 2 rings (SSSR count). The van der Waals surface area contributed by atoms with Crippen molar-refractivity contribution in [3.8, 4) is 0 Å². The quantitative estimate of drug-likeness (QED) is 0.741. The number of aliphatic carboxylic acids is 1. The molecule has 0 spiro atoms. The number of carbonyl (C=O) groups excluding carboxylic acids is 1. The number of rotatable bonds is 4. The summed E-state index contributed by atoms with van der Waals surface area (Å²) in [6.45, 7) is 7.22. The van der Waals surface area contributed by atoms with Gasteiger partial charge in [0.15, 0.2) is 0 Å². The molecule has 0 aromatic carbocycles. The molecule has 0 aromatic rings. The van der Waals surface area contributed by atoms with E-state index in [1.54, 1.807) is 0 Å². The zero-order valence-electron chi connectivity index (χ0n) is 12.7. The van der Waals surface area contributed by atoms with E-state index in [1.165, 1.54) is 0 Å². The molecule has 1 heterocycles. The highest BCUT2D eigenvalue weighted by Gasteiger charge is 2.65. The molecule has 6 heteroatoms. The van der Waals surface area contributed by atoms with Gasteiger partial charge in [0.1, 0.15) is 0 Å². The van der Waals surface area contributed by atoms with Crippen molar-refractivity contribution in [2.45, 2.75) is 19.9 Å². The van der Waals surface area contributed by atoms with Gasteiger partial charge in [0, 0.05) is 32.2 Å². The van der Waals surface area contributed by atoms with Gasteiger partial charge in [0.2, 0.25) is 5.91 Å². The number of hydrogen-bond acceptors (Lipinski definition) is 4. The van der Waals surface area contributed by atoms with E-state index in [0.29, 0.717) is 12.6 Å². The minimum Gasteiger partial charge on any atom is -0.481 e. The van der Waals surface area contributed by atoms with Crippen LogP contribution in [0.25, 0.3) is 0 Å². The van der Waals surface area contributed by atoms with Gasteiger partial charge in [-0.3, -0.25) is 14.5 Å². The fourth-order valence-electron chi connectivity index (χ4n) is 3.24. The molecule has 0 bridgehead atoms. The molecule has 2 fully saturated rings. The second-order valence-corrected chi connectivity index (χ2v) is 6.76. The Morgan fingerprint density at radius 2 is 1.90 bits per heavy atom. The molecular formula is C14H25N3O3. The maximum Gasteiger partial charge on any atom is 0.307 e. The highest BCUT2D eigenvalue weighted by Crippen LogP contribution is 2.58. The number of nitrogens with one attached hydrogen (secondary N) is 1. The highest BCUT2D eigenvalue weighted by atomic mass is 16.4. The molecule has 2 N–H and O–H groups in total. The Kier molecular flexibility index (Phi) is 4.07. The normalized spacial score (nSPS) is 33.7. The Morgan fingerprint density at radius 1 is 1.25 bits per heavy atom. The molecule has 1 amide bonds. The van der Waals surface area contributed by atoms with E-state index >= 15 is 0 Å². The Labute approximate surface area is 120 Å². The van der Waals surface area contributed by atoms with Crippen LogP contribution in [0.5, 0.6) is 0 Å². The Bertz CT molecular complexity index is 410. The van der Waals surface area contributed by atoms with Gasteiger partial charge in [-0.1, -0.05) is 13.8 Å². The topological polar surface area (TPSA) is 72.9 Å². The van der Waals surface area contributed by atoms with Crippen LogP contribution >= 0.6 is 0 Å². The predicted octanol–water partition coefficient (Wildman–Crippen LogP) is -0.295. The minimum absolute atomic E-state index is 0.121. The van der Waals surface area contributed by atoms with Gasteiger partial charge in [0.05, 0.1) is 11.8 Å². The second-order valence-electron chi connectivity index (χ2n) is 6.76. The van der Waals surface area contributed by atoms with Crippen LogP contribution in [-0.2, 0) is 9.59 Å². The number of carboxylic acid groups (broad SMARTS) is 1. The lowest BCUT2D eigenvalue weighted by Crippen LogP contribution is -2.54. The fourth-order valence-corrected chi connectivity index (χ4v) is 3.24. The Morgan fingerprint density at radius 3 is 2.45 bits per heavy atom. The lowest BCUT2D eigenvalue weighted by atomic mass is 10.1. The van der Waals surface area contributed by atoms with Crippen molar-refractivity contribution in [3.63, 3.8) is 0 Å². The van der Waals surface area contributed by atoms with Crippen LogP contribution in [0.15, 0.2) is 0 Å². The summed E-state index contributed by atoms with van der Waals surface area (Å²) in [7, 11) is 4.14. The number of likely N-dealkylation sites (N-methyl/N-ethyl adjacent to an activating group) is 2. The second kappa shape index (κ2) is 5.33. The summed E-state index contributed by atoms with van der Waals surface area (Å²) < 4.78 is 0. The van der Waals surface area contributed by atoms with Crippen molar-refractivity contribution in [2.24, 2.45) is 17.3 Å². The first-order chi connectivity index (χ1) is 9.25. The van der Waals surface area contributed by atoms with E-state index in [4.69, 9.17) is 5.11 Å². The van der Waals surface area contributed by atoms with E-state index < -0.39 is 23.2 Å². The zero-order valence-corrected chi connectivity index (χ0v) is 12.7. The first-order valence-corrected chi connectivity index (χ1v) is 7.14. The lowest BCUT2D eigenvalue weighted by Gasteiger charge is -2.37. The zero-order chi connectivity index (χ0) is 15.1. The third-order valence-electron chi connectivity index (χ3n) is 4.87. The van der Waals surface area contributed by atoms with Crippen LogP contribution in [0, 0.1) is 17.3 Å². The molecule has 0 aromatic heterocycles. The van der Waals surface area contributed by atoms with Gasteiger partial charge in [-0.2, -0.15) is 0 Å². The fraction of sp³-hybridized carbons (Fsp3) is 0.857. The smallest absolute Gasteiger partial charge is 0.307 e. The molecular weight excluding hydrogens is 258 g/mol. The van der Waals surface area contributed by atoms with Crippen LogP contribution in [0.4, 0.5) is 0 Å². The molecule has 3 atom stereocenters. The molecule has 6 nitrogen and oxygen atoms in total. The van der Waals surface area contributed by atoms with Crippen molar-refractivity contribution < 1.29 is 14.7 Å². The maximum atomic E-state index is 12.2. The molecule has 1 saturated carbocycles. The molecule has 2 aliphatic rings.